The van der Waals surface area contributed by atoms with Gasteiger partial charge in [0.15, 0.2) is 0 Å². The van der Waals surface area contributed by atoms with Crippen molar-refractivity contribution in [1.29, 1.82) is 0 Å². The third-order valence-corrected chi connectivity index (χ3v) is 7.58. The van der Waals surface area contributed by atoms with Crippen LogP contribution in [0, 0.1) is 0 Å². The molecule has 4 aromatic rings. The van der Waals surface area contributed by atoms with Gasteiger partial charge in [-0.3, -0.25) is 9.59 Å². The van der Waals surface area contributed by atoms with Crippen molar-refractivity contribution in [1.82, 2.24) is 9.88 Å². The molecule has 0 radical (unpaired) electrons. The summed E-state index contributed by atoms with van der Waals surface area (Å²) in [7, 11) is 1.80. The molecule has 2 heterocycles. The van der Waals surface area contributed by atoms with Crippen molar-refractivity contribution in [2.75, 3.05) is 6.61 Å². The van der Waals surface area contributed by atoms with E-state index in [1.54, 1.807) is 42.9 Å². The standard InChI is InChI=1S/C26H24BrClN2O4S/c1-26(33,17-5-7-18(27)8-6-17)15-34-14-20-11-21-23(31)22(13-30(2)25(21)35-20)24(32)29-12-16-3-9-19(28)10-4-16/h3-11,13,33H,12,14-15H2,1-2H3,(H,29,32). The first-order valence-electron chi connectivity index (χ1n) is 10.8. The van der Waals surface area contributed by atoms with Gasteiger partial charge in [0.2, 0.25) is 5.43 Å². The summed E-state index contributed by atoms with van der Waals surface area (Å²) in [5.41, 5.74) is 0.240. The normalized spacial score (nSPS) is 13.1. The summed E-state index contributed by atoms with van der Waals surface area (Å²) in [5, 5.41) is 14.7. The summed E-state index contributed by atoms with van der Waals surface area (Å²) in [5.74, 6) is -0.433. The van der Waals surface area contributed by atoms with Crippen LogP contribution in [0.1, 0.15) is 33.3 Å². The molecule has 4 rings (SSSR count). The minimum Gasteiger partial charge on any atom is -0.383 e. The maximum atomic E-state index is 13.1. The Morgan fingerprint density at radius 1 is 1.20 bits per heavy atom. The second kappa shape index (κ2) is 10.6. The van der Waals surface area contributed by atoms with E-state index in [0.717, 1.165) is 25.3 Å². The number of fused-ring (bicyclic) bond motifs is 1. The zero-order valence-electron chi connectivity index (χ0n) is 19.2. The second-order valence-corrected chi connectivity index (χ2v) is 11.0. The maximum Gasteiger partial charge on any atom is 0.257 e. The Morgan fingerprint density at radius 2 is 1.89 bits per heavy atom. The number of carbonyl (C=O) groups is 1. The fourth-order valence-corrected chi connectivity index (χ4v) is 5.08. The Balaban J connectivity index is 1.45. The van der Waals surface area contributed by atoms with E-state index in [0.29, 0.717) is 10.4 Å². The van der Waals surface area contributed by atoms with Gasteiger partial charge in [-0.25, -0.2) is 0 Å². The van der Waals surface area contributed by atoms with E-state index in [9.17, 15) is 14.7 Å². The van der Waals surface area contributed by atoms with Crippen LogP contribution in [0.4, 0.5) is 0 Å². The highest BCUT2D eigenvalue weighted by molar-refractivity contribution is 9.10. The number of halogens is 2. The fourth-order valence-electron chi connectivity index (χ4n) is 3.67. The molecule has 0 aliphatic rings. The number of nitrogens with zero attached hydrogens (tertiary/aromatic N) is 1. The van der Waals surface area contributed by atoms with E-state index in [4.69, 9.17) is 16.3 Å². The SMILES string of the molecule is Cn1cc(C(=O)NCc2ccc(Cl)cc2)c(=O)c2cc(COCC(C)(O)c3ccc(Br)cc3)sc21. The number of aryl methyl sites for hydroxylation is 1. The number of nitrogens with one attached hydrogen (secondary N) is 1. The molecule has 1 unspecified atom stereocenters. The van der Waals surface area contributed by atoms with Crippen LogP contribution in [0.5, 0.6) is 0 Å². The molecule has 0 spiro atoms. The summed E-state index contributed by atoms with van der Waals surface area (Å²) in [4.78, 5) is 27.4. The van der Waals surface area contributed by atoms with Crippen LogP contribution in [-0.4, -0.2) is 22.2 Å². The van der Waals surface area contributed by atoms with E-state index in [2.05, 4.69) is 21.2 Å². The van der Waals surface area contributed by atoms with Crippen LogP contribution in [-0.2, 0) is 30.5 Å². The zero-order valence-corrected chi connectivity index (χ0v) is 22.3. The Hall–Kier alpha value is -2.49. The molecular formula is C26H24BrClN2O4S. The van der Waals surface area contributed by atoms with Crippen LogP contribution in [0.15, 0.2) is 70.1 Å². The second-order valence-electron chi connectivity index (χ2n) is 8.50. The molecule has 0 saturated carbocycles. The summed E-state index contributed by atoms with van der Waals surface area (Å²) >= 11 is 10.7. The average molecular weight is 576 g/mol. The van der Waals surface area contributed by atoms with Crippen LogP contribution >= 0.6 is 38.9 Å². The van der Waals surface area contributed by atoms with E-state index >= 15 is 0 Å². The maximum absolute atomic E-state index is 13.1. The highest BCUT2D eigenvalue weighted by Crippen LogP contribution is 2.26. The number of hydrogen-bond donors (Lipinski definition) is 2. The third kappa shape index (κ3) is 6.02. The molecule has 0 saturated heterocycles. The molecule has 1 atom stereocenters. The van der Waals surface area contributed by atoms with Crippen molar-refractivity contribution in [3.8, 4) is 0 Å². The topological polar surface area (TPSA) is 80.6 Å². The molecule has 2 aromatic heterocycles. The monoisotopic (exact) mass is 574 g/mol. The lowest BCUT2D eigenvalue weighted by Crippen LogP contribution is -2.29. The van der Waals surface area contributed by atoms with Gasteiger partial charge in [0.1, 0.15) is 16.0 Å². The van der Waals surface area contributed by atoms with E-state index in [-0.39, 0.29) is 30.8 Å². The van der Waals surface area contributed by atoms with E-state index < -0.39 is 11.5 Å². The van der Waals surface area contributed by atoms with Crippen LogP contribution < -0.4 is 10.7 Å². The fraction of sp³-hybridized carbons (Fsp3) is 0.231. The number of hydrogen-bond acceptors (Lipinski definition) is 5. The predicted octanol–water partition coefficient (Wildman–Crippen LogP) is 5.37. The van der Waals surface area contributed by atoms with E-state index in [1.165, 1.54) is 11.3 Å². The predicted molar refractivity (Wildman–Crippen MR) is 143 cm³/mol. The molecule has 1 amide bonds. The Bertz CT molecular complexity index is 1410. The quantitative estimate of drug-likeness (QED) is 0.296. The highest BCUT2D eigenvalue weighted by Gasteiger charge is 2.24. The number of pyridine rings is 1. The minimum atomic E-state index is -1.15. The lowest BCUT2D eigenvalue weighted by atomic mass is 9.97. The smallest absolute Gasteiger partial charge is 0.257 e. The first-order chi connectivity index (χ1) is 16.6. The van der Waals surface area contributed by atoms with Crippen molar-refractivity contribution in [2.24, 2.45) is 7.05 Å². The van der Waals surface area contributed by atoms with Gasteiger partial charge in [-0.1, -0.05) is 51.8 Å². The number of thiophene rings is 1. The van der Waals surface area contributed by atoms with Gasteiger partial charge >= 0.3 is 0 Å². The van der Waals surface area contributed by atoms with Gasteiger partial charge in [-0.2, -0.15) is 0 Å². The number of ether oxygens (including phenoxy) is 1. The Morgan fingerprint density at radius 3 is 2.57 bits per heavy atom. The zero-order chi connectivity index (χ0) is 25.2. The number of benzene rings is 2. The average Bonchev–Trinajstić information content (AvgIpc) is 3.26. The van der Waals surface area contributed by atoms with Gasteiger partial charge in [0, 0.05) is 34.2 Å². The molecule has 0 aliphatic heterocycles. The van der Waals surface area contributed by atoms with Crippen LogP contribution in [0.3, 0.4) is 0 Å². The largest absolute Gasteiger partial charge is 0.383 e. The summed E-state index contributed by atoms with van der Waals surface area (Å²) < 4.78 is 8.51. The Labute approximate surface area is 220 Å². The summed E-state index contributed by atoms with van der Waals surface area (Å²) in [6, 6.07) is 16.3. The number of aromatic nitrogens is 1. The summed E-state index contributed by atoms with van der Waals surface area (Å²) in [6.07, 6.45) is 1.56. The van der Waals surface area contributed by atoms with Gasteiger partial charge in [-0.05, 0) is 48.4 Å². The van der Waals surface area contributed by atoms with Gasteiger partial charge in [-0.15, -0.1) is 11.3 Å². The molecule has 2 aromatic carbocycles. The van der Waals surface area contributed by atoms with Crippen molar-refractivity contribution in [3.05, 3.63) is 102 Å². The Kier molecular flexibility index (Phi) is 7.78. The number of amides is 1. The van der Waals surface area contributed by atoms with Crippen LogP contribution in [0.25, 0.3) is 10.2 Å². The summed E-state index contributed by atoms with van der Waals surface area (Å²) in [6.45, 7) is 2.32. The molecular weight excluding hydrogens is 552 g/mol. The molecule has 9 heteroatoms. The number of aliphatic hydroxyl groups is 1. The number of carbonyl (C=O) groups excluding carboxylic acids is 1. The molecule has 35 heavy (non-hydrogen) atoms. The van der Waals surface area contributed by atoms with Crippen molar-refractivity contribution >= 4 is 55.0 Å². The minimum absolute atomic E-state index is 0.0809. The van der Waals surface area contributed by atoms with Gasteiger partial charge < -0.3 is 19.7 Å². The molecule has 0 bridgehead atoms. The first-order valence-corrected chi connectivity index (χ1v) is 12.8. The molecule has 0 aliphatic carbocycles. The van der Waals surface area contributed by atoms with Crippen molar-refractivity contribution in [2.45, 2.75) is 25.7 Å². The molecule has 0 fully saturated rings. The van der Waals surface area contributed by atoms with Crippen molar-refractivity contribution < 1.29 is 14.6 Å². The third-order valence-electron chi connectivity index (χ3n) is 5.60. The van der Waals surface area contributed by atoms with Crippen molar-refractivity contribution in [3.63, 3.8) is 0 Å². The molecule has 182 valence electrons. The number of rotatable bonds is 8. The van der Waals surface area contributed by atoms with Gasteiger partial charge in [0.05, 0.1) is 18.6 Å². The highest BCUT2D eigenvalue weighted by atomic mass is 79.9. The molecule has 6 nitrogen and oxygen atoms in total. The first kappa shape index (κ1) is 25.6. The molecule has 2 N–H and O–H groups in total. The lowest BCUT2D eigenvalue weighted by Gasteiger charge is -2.23. The van der Waals surface area contributed by atoms with Crippen LogP contribution in [0.2, 0.25) is 5.02 Å². The van der Waals surface area contributed by atoms with Gasteiger partial charge in [0.25, 0.3) is 5.91 Å². The van der Waals surface area contributed by atoms with E-state index in [1.807, 2.05) is 36.4 Å². The lowest BCUT2D eigenvalue weighted by molar-refractivity contribution is -0.0429.